The van der Waals surface area contributed by atoms with Gasteiger partial charge in [0, 0.05) is 0 Å². The molecular formula is C23H38Cl2O4Si2Zr. The molecule has 0 atom stereocenters. The first-order valence-electron chi connectivity index (χ1n) is 10.6. The minimum absolute atomic E-state index is 0. The Labute approximate surface area is 229 Å². The van der Waals surface area contributed by atoms with Crippen LogP contribution >= 0.6 is 0 Å². The van der Waals surface area contributed by atoms with Crippen LogP contribution in [0.4, 0.5) is 0 Å². The van der Waals surface area contributed by atoms with Gasteiger partial charge in [0.2, 0.25) is 0 Å². The number of hydrogen-bond donors (Lipinski definition) is 0. The standard InChI is InChI=1S/C23H38O4Si2.2ClH.Zr/c1-23(2,19-11-9-13-21(19)24-15-17-26-28(3,4)5)20-12-10-14-22(20)25-16-18-27-29(6,7)8;;;/h11-12H,9-10,15-18H2,1-8H3;2*1H;/q-2;;;+4/p-2. The minimum atomic E-state index is -1.52. The molecule has 0 spiro atoms. The first-order chi connectivity index (χ1) is 13.4. The molecule has 32 heavy (non-hydrogen) atoms. The molecule has 2 aliphatic carbocycles. The zero-order valence-corrected chi connectivity index (χ0v) is 26.8. The summed E-state index contributed by atoms with van der Waals surface area (Å²) in [7, 11) is -3.03. The number of rotatable bonds is 12. The third-order valence-electron chi connectivity index (χ3n) is 4.70. The zero-order chi connectivity index (χ0) is 21.7. The van der Waals surface area contributed by atoms with Crippen LogP contribution < -0.4 is 24.8 Å². The third-order valence-corrected chi connectivity index (χ3v) is 6.84. The van der Waals surface area contributed by atoms with Crippen molar-refractivity contribution < 1.29 is 69.3 Å². The van der Waals surface area contributed by atoms with Crippen molar-refractivity contribution in [3.63, 3.8) is 0 Å². The van der Waals surface area contributed by atoms with Gasteiger partial charge in [-0.05, 0) is 50.8 Å². The molecule has 0 fully saturated rings. The van der Waals surface area contributed by atoms with Crippen molar-refractivity contribution >= 4 is 16.6 Å². The molecule has 0 N–H and O–H groups in total. The van der Waals surface area contributed by atoms with Crippen LogP contribution in [0.15, 0.2) is 34.8 Å². The summed E-state index contributed by atoms with van der Waals surface area (Å²) in [5.41, 5.74) is 2.11. The summed E-state index contributed by atoms with van der Waals surface area (Å²) in [4.78, 5) is 0. The summed E-state index contributed by atoms with van der Waals surface area (Å²) in [5.74, 6) is 1.70. The van der Waals surface area contributed by atoms with Crippen molar-refractivity contribution in [2.24, 2.45) is 5.41 Å². The number of allylic oxidation sites excluding steroid dienone is 6. The Bertz CT molecular complexity index is 648. The molecule has 0 amide bonds. The van der Waals surface area contributed by atoms with Crippen LogP contribution in [0.3, 0.4) is 0 Å². The molecule has 0 saturated carbocycles. The predicted molar refractivity (Wildman–Crippen MR) is 123 cm³/mol. The Morgan fingerprint density at radius 2 is 1.06 bits per heavy atom. The molecule has 2 aliphatic rings. The summed E-state index contributed by atoms with van der Waals surface area (Å²) in [6.45, 7) is 19.9. The Balaban J connectivity index is 0. The van der Waals surface area contributed by atoms with E-state index in [4.69, 9.17) is 18.3 Å². The van der Waals surface area contributed by atoms with Crippen molar-refractivity contribution in [1.29, 1.82) is 0 Å². The largest absolute Gasteiger partial charge is 4.00 e. The van der Waals surface area contributed by atoms with Crippen LogP contribution in [-0.4, -0.2) is 43.1 Å². The summed E-state index contributed by atoms with van der Waals surface area (Å²) in [5, 5.41) is 0. The van der Waals surface area contributed by atoms with Gasteiger partial charge in [-0.2, -0.15) is 23.3 Å². The van der Waals surface area contributed by atoms with E-state index in [9.17, 15) is 0 Å². The maximum absolute atomic E-state index is 6.05. The van der Waals surface area contributed by atoms with Crippen LogP contribution in [0, 0.1) is 17.6 Å². The van der Waals surface area contributed by atoms with Gasteiger partial charge in [-0.3, -0.25) is 0 Å². The molecule has 0 radical (unpaired) electrons. The van der Waals surface area contributed by atoms with E-state index in [1.807, 2.05) is 0 Å². The van der Waals surface area contributed by atoms with Gasteiger partial charge in [0.25, 0.3) is 0 Å². The molecule has 0 aliphatic heterocycles. The van der Waals surface area contributed by atoms with E-state index in [0.717, 1.165) is 24.4 Å². The summed E-state index contributed by atoms with van der Waals surface area (Å²) in [6, 6.07) is 0. The first kappa shape index (κ1) is 34.5. The van der Waals surface area contributed by atoms with Gasteiger partial charge in [0.05, 0.1) is 13.2 Å². The van der Waals surface area contributed by atoms with Crippen molar-refractivity contribution in [3.8, 4) is 0 Å². The molecular weight excluding hydrogens is 559 g/mol. The van der Waals surface area contributed by atoms with Crippen LogP contribution in [0.25, 0.3) is 0 Å². The van der Waals surface area contributed by atoms with Crippen molar-refractivity contribution in [2.45, 2.75) is 66.0 Å². The molecule has 9 heteroatoms. The van der Waals surface area contributed by atoms with Crippen LogP contribution in [-0.2, 0) is 44.5 Å². The number of ether oxygens (including phenoxy) is 2. The van der Waals surface area contributed by atoms with Gasteiger partial charge in [-0.1, -0.05) is 13.8 Å². The Kier molecular flexibility index (Phi) is 15.9. The van der Waals surface area contributed by atoms with E-state index in [2.05, 4.69) is 77.4 Å². The average molecular weight is 597 g/mol. The fourth-order valence-corrected chi connectivity index (χ4v) is 4.72. The van der Waals surface area contributed by atoms with Crippen LogP contribution in [0.1, 0.15) is 26.7 Å². The molecule has 0 aromatic rings. The van der Waals surface area contributed by atoms with Crippen LogP contribution in [0.2, 0.25) is 39.3 Å². The van der Waals surface area contributed by atoms with Crippen molar-refractivity contribution in [1.82, 2.24) is 0 Å². The Hall–Kier alpha value is 0.377. The second-order valence-electron chi connectivity index (χ2n) is 9.90. The molecule has 0 bridgehead atoms. The molecule has 0 saturated heterocycles. The van der Waals surface area contributed by atoms with E-state index in [-0.39, 0.29) is 56.4 Å². The van der Waals surface area contributed by atoms with Gasteiger partial charge >= 0.3 is 26.2 Å². The van der Waals surface area contributed by atoms with E-state index in [1.165, 1.54) is 11.1 Å². The zero-order valence-electron chi connectivity index (χ0n) is 20.8. The monoisotopic (exact) mass is 594 g/mol. The number of hydrogen-bond acceptors (Lipinski definition) is 4. The first-order valence-corrected chi connectivity index (χ1v) is 17.4. The SMILES string of the molecule is CC(C)(C1=CC[C-]=C1OCCO[Si](C)(C)C)C1=CC[C-]=C1OCCO[Si](C)(C)C.[Cl-].[Cl-].[Zr+4]. The van der Waals surface area contributed by atoms with Gasteiger partial charge in [-0.25, -0.2) is 12.2 Å². The summed E-state index contributed by atoms with van der Waals surface area (Å²) in [6.07, 6.45) is 12.7. The fraction of sp³-hybridized carbons (Fsp3) is 0.652. The fourth-order valence-electron chi connectivity index (χ4n) is 3.33. The van der Waals surface area contributed by atoms with Crippen molar-refractivity contribution in [3.05, 3.63) is 47.0 Å². The second-order valence-corrected chi connectivity index (χ2v) is 18.9. The topological polar surface area (TPSA) is 36.9 Å². The quantitative estimate of drug-likeness (QED) is 0.178. The molecule has 0 unspecified atom stereocenters. The van der Waals surface area contributed by atoms with Gasteiger partial charge in [0.1, 0.15) is 13.2 Å². The Morgan fingerprint density at radius 3 is 1.38 bits per heavy atom. The smallest absolute Gasteiger partial charge is 1.00 e. The van der Waals surface area contributed by atoms with Crippen molar-refractivity contribution in [2.75, 3.05) is 26.4 Å². The van der Waals surface area contributed by atoms with Gasteiger partial charge in [-0.15, -0.1) is 18.3 Å². The molecule has 4 nitrogen and oxygen atoms in total. The summed E-state index contributed by atoms with van der Waals surface area (Å²) >= 11 is 0. The maximum Gasteiger partial charge on any atom is 4.00 e. The predicted octanol–water partition coefficient (Wildman–Crippen LogP) is -0.211. The molecule has 0 heterocycles. The normalized spacial score (nSPS) is 16.0. The van der Waals surface area contributed by atoms with E-state index >= 15 is 0 Å². The second kappa shape index (κ2) is 14.7. The third kappa shape index (κ3) is 11.2. The maximum atomic E-state index is 6.05. The minimum Gasteiger partial charge on any atom is -1.00 e. The Morgan fingerprint density at radius 1 is 0.719 bits per heavy atom. The van der Waals surface area contributed by atoms with E-state index in [0.29, 0.717) is 26.4 Å². The van der Waals surface area contributed by atoms with Crippen LogP contribution in [0.5, 0.6) is 0 Å². The van der Waals surface area contributed by atoms with E-state index < -0.39 is 16.6 Å². The summed E-state index contributed by atoms with van der Waals surface area (Å²) < 4.78 is 23.9. The molecule has 0 aromatic heterocycles. The molecule has 180 valence electrons. The van der Waals surface area contributed by atoms with Gasteiger partial charge in [0.15, 0.2) is 16.6 Å². The molecule has 0 aromatic carbocycles. The number of halogens is 2. The molecule has 2 rings (SSSR count). The van der Waals surface area contributed by atoms with Gasteiger partial charge < -0.3 is 43.1 Å². The van der Waals surface area contributed by atoms with E-state index in [1.54, 1.807) is 0 Å². The average Bonchev–Trinajstić information content (AvgIpc) is 3.23.